The van der Waals surface area contributed by atoms with E-state index in [1.54, 1.807) is 12.3 Å². The van der Waals surface area contributed by atoms with E-state index in [-0.39, 0.29) is 11.6 Å². The second kappa shape index (κ2) is 6.48. The number of halogens is 1. The van der Waals surface area contributed by atoms with E-state index < -0.39 is 0 Å². The summed E-state index contributed by atoms with van der Waals surface area (Å²) in [6.45, 7) is 2.82. The number of piperazine rings is 1. The Kier molecular flexibility index (Phi) is 4.24. The first-order valence-corrected chi connectivity index (χ1v) is 7.27. The van der Waals surface area contributed by atoms with E-state index in [0.717, 1.165) is 5.69 Å². The van der Waals surface area contributed by atoms with E-state index in [1.807, 2.05) is 11.0 Å². The predicted octanol–water partition coefficient (Wildman–Crippen LogP) is 1.82. The predicted molar refractivity (Wildman–Crippen MR) is 84.1 cm³/mol. The third-order valence-electron chi connectivity index (χ3n) is 3.86. The number of nitrogens with zero attached hydrogens (tertiary/aromatic N) is 5. The molecule has 0 spiro atoms. The van der Waals surface area contributed by atoms with Gasteiger partial charge in [0.15, 0.2) is 23.1 Å². The van der Waals surface area contributed by atoms with Gasteiger partial charge in [-0.2, -0.15) is 5.26 Å². The molecule has 0 unspecified atom stereocenters. The summed E-state index contributed by atoms with van der Waals surface area (Å²) >= 11 is 0. The van der Waals surface area contributed by atoms with Crippen LogP contribution < -0.4 is 14.5 Å². The molecule has 1 fully saturated rings. The minimum absolute atomic E-state index is 0.241. The van der Waals surface area contributed by atoms with Gasteiger partial charge >= 0.3 is 0 Å². The summed E-state index contributed by atoms with van der Waals surface area (Å²) in [4.78, 5) is 12.4. The Hall–Kier alpha value is -2.88. The molecule has 0 radical (unpaired) electrons. The van der Waals surface area contributed by atoms with Crippen LogP contribution in [0.2, 0.25) is 0 Å². The van der Waals surface area contributed by atoms with E-state index in [0.29, 0.717) is 37.7 Å². The summed E-state index contributed by atoms with van der Waals surface area (Å²) in [5.74, 6) is 0.481. The van der Waals surface area contributed by atoms with Crippen molar-refractivity contribution in [2.75, 3.05) is 43.1 Å². The van der Waals surface area contributed by atoms with Crippen LogP contribution in [0.3, 0.4) is 0 Å². The van der Waals surface area contributed by atoms with E-state index in [1.165, 1.54) is 19.4 Å². The van der Waals surface area contributed by atoms with Crippen molar-refractivity contribution in [2.45, 2.75) is 0 Å². The van der Waals surface area contributed by atoms with Crippen LogP contribution in [-0.4, -0.2) is 43.3 Å². The fourth-order valence-electron chi connectivity index (χ4n) is 2.67. The highest BCUT2D eigenvalue weighted by molar-refractivity contribution is 5.54. The summed E-state index contributed by atoms with van der Waals surface area (Å²) in [6.07, 6.45) is 3.10. The van der Waals surface area contributed by atoms with Crippen LogP contribution in [0.4, 0.5) is 15.9 Å². The van der Waals surface area contributed by atoms with Crippen molar-refractivity contribution in [3.63, 3.8) is 0 Å². The summed E-state index contributed by atoms with van der Waals surface area (Å²) in [6, 6.07) is 7.03. The van der Waals surface area contributed by atoms with Crippen molar-refractivity contribution >= 4 is 11.5 Å². The van der Waals surface area contributed by atoms with E-state index >= 15 is 0 Å². The Balaban J connectivity index is 1.71. The monoisotopic (exact) mass is 313 g/mol. The Labute approximate surface area is 133 Å². The van der Waals surface area contributed by atoms with Crippen molar-refractivity contribution in [3.05, 3.63) is 42.1 Å². The first-order chi connectivity index (χ1) is 11.2. The SMILES string of the molecule is COc1ccc(N2CCN(c3nccnc3C#N)CC2)cc1F. The van der Waals surface area contributed by atoms with Gasteiger partial charge in [0.2, 0.25) is 0 Å². The maximum absolute atomic E-state index is 13.8. The van der Waals surface area contributed by atoms with Crippen molar-refractivity contribution in [1.29, 1.82) is 5.26 Å². The highest BCUT2D eigenvalue weighted by Crippen LogP contribution is 2.25. The molecule has 1 aromatic heterocycles. The smallest absolute Gasteiger partial charge is 0.183 e. The molecule has 7 heteroatoms. The van der Waals surface area contributed by atoms with Gasteiger partial charge < -0.3 is 14.5 Å². The molecule has 1 aromatic carbocycles. The van der Waals surface area contributed by atoms with Gasteiger partial charge in [0, 0.05) is 50.3 Å². The Morgan fingerprint density at radius 1 is 1.13 bits per heavy atom. The second-order valence-electron chi connectivity index (χ2n) is 5.13. The van der Waals surface area contributed by atoms with Crippen molar-refractivity contribution in [1.82, 2.24) is 9.97 Å². The molecule has 2 heterocycles. The lowest BCUT2D eigenvalue weighted by Gasteiger charge is -2.36. The zero-order valence-corrected chi connectivity index (χ0v) is 12.7. The van der Waals surface area contributed by atoms with Gasteiger partial charge in [-0.25, -0.2) is 14.4 Å². The molecule has 6 nitrogen and oxygen atoms in total. The molecule has 0 amide bonds. The third kappa shape index (κ3) is 3.01. The van der Waals surface area contributed by atoms with Crippen molar-refractivity contribution in [3.8, 4) is 11.8 Å². The lowest BCUT2D eigenvalue weighted by molar-refractivity contribution is 0.386. The van der Waals surface area contributed by atoms with E-state index in [2.05, 4.69) is 20.9 Å². The van der Waals surface area contributed by atoms with Gasteiger partial charge in [-0.1, -0.05) is 0 Å². The third-order valence-corrected chi connectivity index (χ3v) is 3.86. The lowest BCUT2D eigenvalue weighted by atomic mass is 10.2. The lowest BCUT2D eigenvalue weighted by Crippen LogP contribution is -2.47. The molecule has 0 N–H and O–H groups in total. The molecule has 0 saturated carbocycles. The fourth-order valence-corrected chi connectivity index (χ4v) is 2.67. The molecule has 3 rings (SSSR count). The second-order valence-corrected chi connectivity index (χ2v) is 5.13. The molecule has 1 saturated heterocycles. The average molecular weight is 313 g/mol. The molecule has 0 atom stereocenters. The van der Waals surface area contributed by atoms with Crippen LogP contribution >= 0.6 is 0 Å². The first kappa shape index (κ1) is 15.0. The zero-order chi connectivity index (χ0) is 16.2. The van der Waals surface area contributed by atoms with Crippen LogP contribution in [0.1, 0.15) is 5.69 Å². The zero-order valence-electron chi connectivity index (χ0n) is 12.7. The summed E-state index contributed by atoms with van der Waals surface area (Å²) < 4.78 is 18.8. The van der Waals surface area contributed by atoms with Gasteiger partial charge in [-0.15, -0.1) is 0 Å². The maximum Gasteiger partial charge on any atom is 0.183 e. The largest absolute Gasteiger partial charge is 0.494 e. The summed E-state index contributed by atoms with van der Waals surface area (Å²) in [7, 11) is 1.45. The highest BCUT2D eigenvalue weighted by Gasteiger charge is 2.21. The first-order valence-electron chi connectivity index (χ1n) is 7.27. The number of aromatic nitrogens is 2. The van der Waals surface area contributed by atoms with Gasteiger partial charge in [-0.05, 0) is 12.1 Å². The van der Waals surface area contributed by atoms with Crippen LogP contribution in [-0.2, 0) is 0 Å². The number of nitriles is 1. The molecular weight excluding hydrogens is 297 g/mol. The topological polar surface area (TPSA) is 65.3 Å². The molecular formula is C16H16FN5O. The number of benzene rings is 1. The molecule has 1 aliphatic heterocycles. The number of hydrogen-bond acceptors (Lipinski definition) is 6. The van der Waals surface area contributed by atoms with E-state index in [9.17, 15) is 4.39 Å². The Morgan fingerprint density at radius 2 is 1.83 bits per heavy atom. The van der Waals surface area contributed by atoms with Gasteiger partial charge in [0.1, 0.15) is 6.07 Å². The van der Waals surface area contributed by atoms with Crippen molar-refractivity contribution in [2.24, 2.45) is 0 Å². The molecule has 0 bridgehead atoms. The van der Waals surface area contributed by atoms with Crippen LogP contribution in [0.5, 0.6) is 5.75 Å². The Morgan fingerprint density at radius 3 is 2.48 bits per heavy atom. The van der Waals surface area contributed by atoms with Gasteiger partial charge in [0.05, 0.1) is 7.11 Å². The normalized spacial score (nSPS) is 14.5. The molecule has 1 aliphatic rings. The van der Waals surface area contributed by atoms with Crippen LogP contribution in [0.15, 0.2) is 30.6 Å². The number of ether oxygens (including phenoxy) is 1. The van der Waals surface area contributed by atoms with Gasteiger partial charge in [-0.3, -0.25) is 0 Å². The molecule has 0 aliphatic carbocycles. The number of methoxy groups -OCH3 is 1. The quantitative estimate of drug-likeness (QED) is 0.861. The van der Waals surface area contributed by atoms with E-state index in [4.69, 9.17) is 10.00 Å². The standard InChI is InChI=1S/C16H16FN5O/c1-23-15-3-2-12(10-13(15)17)21-6-8-22(9-7-21)16-14(11-18)19-4-5-20-16/h2-5,10H,6-9H2,1H3. The highest BCUT2D eigenvalue weighted by atomic mass is 19.1. The summed E-state index contributed by atoms with van der Waals surface area (Å²) in [5.41, 5.74) is 1.15. The molecule has 2 aromatic rings. The van der Waals surface area contributed by atoms with Crippen molar-refractivity contribution < 1.29 is 9.13 Å². The number of rotatable bonds is 3. The number of anilines is 2. The molecule has 118 valence electrons. The minimum atomic E-state index is -0.367. The maximum atomic E-state index is 13.8. The van der Waals surface area contributed by atoms with Crippen LogP contribution in [0, 0.1) is 17.1 Å². The fraction of sp³-hybridized carbons (Fsp3) is 0.312. The molecule has 23 heavy (non-hydrogen) atoms. The van der Waals surface area contributed by atoms with Gasteiger partial charge in [0.25, 0.3) is 0 Å². The average Bonchev–Trinajstić information content (AvgIpc) is 2.61. The Bertz CT molecular complexity index is 737. The van der Waals surface area contributed by atoms with Crippen LogP contribution in [0.25, 0.3) is 0 Å². The summed E-state index contributed by atoms with van der Waals surface area (Å²) in [5, 5.41) is 9.12. The number of hydrogen-bond donors (Lipinski definition) is 0. The minimum Gasteiger partial charge on any atom is -0.494 e.